The molecule has 0 amide bonds. The fourth-order valence-corrected chi connectivity index (χ4v) is 2.46. The average Bonchev–Trinajstić information content (AvgIpc) is 2.55. The van der Waals surface area contributed by atoms with Gasteiger partial charge < -0.3 is 5.73 Å². The van der Waals surface area contributed by atoms with Gasteiger partial charge in [-0.05, 0) is 19.9 Å². The van der Waals surface area contributed by atoms with Crippen molar-refractivity contribution >= 4 is 5.95 Å². The number of benzene rings is 1. The number of H-pyrrole nitrogens is 1. The number of hydrogen-bond donors (Lipinski definition) is 2. The minimum atomic E-state index is -0.400. The van der Waals surface area contributed by atoms with E-state index in [0.717, 1.165) is 5.56 Å². The number of hydrogen-bond acceptors (Lipinski definition) is 5. The summed E-state index contributed by atoms with van der Waals surface area (Å²) in [6, 6.07) is 12.0. The standard InChI is InChI=1S/C17H17N5O2/c1-10(2)22-13(23)9-8-12(21-22)14-15(11-6-4-3-5-7-11)19-17(18)20-16(14)24/h3-10H,1-2H3,(H3,18,19,20,24). The van der Waals surface area contributed by atoms with Crippen LogP contribution in [0.5, 0.6) is 0 Å². The molecule has 3 rings (SSSR count). The van der Waals surface area contributed by atoms with E-state index in [-0.39, 0.29) is 23.1 Å². The van der Waals surface area contributed by atoms with E-state index in [2.05, 4.69) is 15.1 Å². The Morgan fingerprint density at radius 2 is 1.79 bits per heavy atom. The lowest BCUT2D eigenvalue weighted by Crippen LogP contribution is -2.25. The fourth-order valence-electron chi connectivity index (χ4n) is 2.46. The van der Waals surface area contributed by atoms with Crippen LogP contribution in [0.15, 0.2) is 52.1 Å². The zero-order chi connectivity index (χ0) is 17.3. The molecule has 2 heterocycles. The molecule has 0 atom stereocenters. The molecule has 0 fully saturated rings. The minimum absolute atomic E-state index is 0.0276. The summed E-state index contributed by atoms with van der Waals surface area (Å²) in [6.45, 7) is 3.70. The lowest BCUT2D eigenvalue weighted by molar-refractivity contribution is 0.505. The molecule has 0 radical (unpaired) electrons. The summed E-state index contributed by atoms with van der Waals surface area (Å²) in [5.41, 5.74) is 6.90. The molecule has 3 aromatic rings. The van der Waals surface area contributed by atoms with E-state index in [0.29, 0.717) is 11.4 Å². The summed E-state index contributed by atoms with van der Waals surface area (Å²) < 4.78 is 1.33. The van der Waals surface area contributed by atoms with Gasteiger partial charge in [0, 0.05) is 11.6 Å². The third kappa shape index (κ3) is 2.83. The smallest absolute Gasteiger partial charge is 0.267 e. The van der Waals surface area contributed by atoms with Crippen molar-refractivity contribution in [3.8, 4) is 22.5 Å². The third-order valence-corrected chi connectivity index (χ3v) is 3.56. The van der Waals surface area contributed by atoms with Crippen molar-refractivity contribution in [2.24, 2.45) is 0 Å². The highest BCUT2D eigenvalue weighted by Gasteiger charge is 2.17. The molecular weight excluding hydrogens is 306 g/mol. The lowest BCUT2D eigenvalue weighted by atomic mass is 10.0. The van der Waals surface area contributed by atoms with E-state index >= 15 is 0 Å². The van der Waals surface area contributed by atoms with Crippen molar-refractivity contribution in [3.63, 3.8) is 0 Å². The molecule has 0 unspecified atom stereocenters. The van der Waals surface area contributed by atoms with Crippen LogP contribution in [0.2, 0.25) is 0 Å². The van der Waals surface area contributed by atoms with Gasteiger partial charge in [0.1, 0.15) is 0 Å². The van der Waals surface area contributed by atoms with Gasteiger partial charge in [0.05, 0.1) is 23.0 Å². The van der Waals surface area contributed by atoms with Crippen LogP contribution < -0.4 is 16.9 Å². The van der Waals surface area contributed by atoms with Crippen LogP contribution in [0.4, 0.5) is 5.95 Å². The van der Waals surface area contributed by atoms with E-state index in [1.807, 2.05) is 44.2 Å². The maximum atomic E-state index is 12.5. The molecule has 0 aliphatic carbocycles. The van der Waals surface area contributed by atoms with E-state index in [1.165, 1.54) is 16.8 Å². The third-order valence-electron chi connectivity index (χ3n) is 3.56. The Hall–Kier alpha value is -3.22. The Morgan fingerprint density at radius 1 is 1.08 bits per heavy atom. The van der Waals surface area contributed by atoms with Crippen LogP contribution in [-0.2, 0) is 0 Å². The van der Waals surface area contributed by atoms with Gasteiger partial charge in [-0.3, -0.25) is 14.6 Å². The van der Waals surface area contributed by atoms with Crippen LogP contribution >= 0.6 is 0 Å². The Morgan fingerprint density at radius 3 is 2.46 bits per heavy atom. The Balaban J connectivity index is 2.31. The molecule has 24 heavy (non-hydrogen) atoms. The highest BCUT2D eigenvalue weighted by Crippen LogP contribution is 2.26. The molecule has 7 nitrogen and oxygen atoms in total. The molecule has 0 saturated heterocycles. The normalized spacial score (nSPS) is 11.0. The molecular formula is C17H17N5O2. The first-order valence-electron chi connectivity index (χ1n) is 7.53. The monoisotopic (exact) mass is 323 g/mol. The molecule has 1 aromatic carbocycles. The Kier molecular flexibility index (Phi) is 3.99. The number of aromatic amines is 1. The molecule has 0 spiro atoms. The van der Waals surface area contributed by atoms with Crippen LogP contribution in [0.25, 0.3) is 22.5 Å². The topological polar surface area (TPSA) is 107 Å². The van der Waals surface area contributed by atoms with Crippen LogP contribution in [0.1, 0.15) is 19.9 Å². The zero-order valence-electron chi connectivity index (χ0n) is 13.4. The summed E-state index contributed by atoms with van der Waals surface area (Å²) in [7, 11) is 0. The Bertz CT molecular complexity index is 990. The first-order valence-corrected chi connectivity index (χ1v) is 7.53. The first kappa shape index (κ1) is 15.7. The van der Waals surface area contributed by atoms with Gasteiger partial charge >= 0.3 is 0 Å². The predicted octanol–water partition coefficient (Wildman–Crippen LogP) is 1.82. The number of nitrogens with two attached hydrogens (primary N) is 1. The first-order chi connectivity index (χ1) is 11.5. The maximum Gasteiger partial charge on any atom is 0.267 e. The highest BCUT2D eigenvalue weighted by molar-refractivity contribution is 5.78. The Labute approximate surface area is 137 Å². The highest BCUT2D eigenvalue weighted by atomic mass is 16.1. The van der Waals surface area contributed by atoms with Crippen LogP contribution in [-0.4, -0.2) is 19.7 Å². The molecule has 7 heteroatoms. The van der Waals surface area contributed by atoms with Crippen molar-refractivity contribution in [2.45, 2.75) is 19.9 Å². The van der Waals surface area contributed by atoms with Crippen molar-refractivity contribution < 1.29 is 0 Å². The number of rotatable bonds is 3. The van der Waals surface area contributed by atoms with Gasteiger partial charge in [0.25, 0.3) is 11.1 Å². The lowest BCUT2D eigenvalue weighted by Gasteiger charge is -2.12. The second-order valence-electron chi connectivity index (χ2n) is 5.64. The molecule has 122 valence electrons. The molecule has 0 aliphatic heterocycles. The molecule has 0 bridgehead atoms. The van der Waals surface area contributed by atoms with Crippen molar-refractivity contribution in [1.82, 2.24) is 19.7 Å². The van der Waals surface area contributed by atoms with Crippen molar-refractivity contribution in [3.05, 3.63) is 63.2 Å². The summed E-state index contributed by atoms with van der Waals surface area (Å²) in [5.74, 6) is 0.0276. The number of aromatic nitrogens is 4. The van der Waals surface area contributed by atoms with Crippen molar-refractivity contribution in [1.29, 1.82) is 0 Å². The quantitative estimate of drug-likeness (QED) is 0.764. The molecule has 0 saturated carbocycles. The van der Waals surface area contributed by atoms with Crippen LogP contribution in [0.3, 0.4) is 0 Å². The predicted molar refractivity (Wildman–Crippen MR) is 92.6 cm³/mol. The second-order valence-corrected chi connectivity index (χ2v) is 5.64. The molecule has 2 aromatic heterocycles. The zero-order valence-corrected chi connectivity index (χ0v) is 13.4. The van der Waals surface area contributed by atoms with Gasteiger partial charge in [-0.1, -0.05) is 30.3 Å². The summed E-state index contributed by atoms with van der Waals surface area (Å²) in [5, 5.41) is 4.32. The van der Waals surface area contributed by atoms with E-state index in [1.54, 1.807) is 0 Å². The van der Waals surface area contributed by atoms with Crippen LogP contribution in [0, 0.1) is 0 Å². The van der Waals surface area contributed by atoms with Gasteiger partial charge in [-0.2, -0.15) is 5.10 Å². The van der Waals surface area contributed by atoms with Crippen molar-refractivity contribution in [2.75, 3.05) is 5.73 Å². The van der Waals surface area contributed by atoms with Gasteiger partial charge in [-0.15, -0.1) is 0 Å². The number of nitrogen functional groups attached to an aromatic ring is 1. The van der Waals surface area contributed by atoms with Gasteiger partial charge in [0.15, 0.2) is 0 Å². The largest absolute Gasteiger partial charge is 0.369 e. The summed E-state index contributed by atoms with van der Waals surface area (Å²) in [4.78, 5) is 31.2. The number of nitrogens with one attached hydrogen (secondary N) is 1. The fraction of sp³-hybridized carbons (Fsp3) is 0.176. The number of anilines is 1. The van der Waals surface area contributed by atoms with Gasteiger partial charge in [-0.25, -0.2) is 9.67 Å². The molecule has 3 N–H and O–H groups in total. The number of nitrogens with zero attached hydrogens (tertiary/aromatic N) is 3. The summed E-state index contributed by atoms with van der Waals surface area (Å²) in [6.07, 6.45) is 0. The van der Waals surface area contributed by atoms with E-state index in [9.17, 15) is 9.59 Å². The molecule has 0 aliphatic rings. The van der Waals surface area contributed by atoms with E-state index < -0.39 is 5.56 Å². The SMILES string of the molecule is CC(C)n1nc(-c2c(-c3ccccc3)nc(N)[nH]c2=O)ccc1=O. The second kappa shape index (κ2) is 6.11. The average molecular weight is 323 g/mol. The van der Waals surface area contributed by atoms with Gasteiger partial charge in [0.2, 0.25) is 5.95 Å². The maximum absolute atomic E-state index is 12.5. The summed E-state index contributed by atoms with van der Waals surface area (Å²) >= 11 is 0. The van der Waals surface area contributed by atoms with E-state index in [4.69, 9.17) is 5.73 Å². The minimum Gasteiger partial charge on any atom is -0.369 e.